The molecule has 0 N–H and O–H groups in total. The van der Waals surface area contributed by atoms with E-state index in [-0.39, 0.29) is 0 Å². The van der Waals surface area contributed by atoms with E-state index in [2.05, 4.69) is 13.8 Å². The first-order valence-electron chi connectivity index (χ1n) is 3.30. The Hall–Kier alpha value is 0. The first-order valence-corrected chi connectivity index (χ1v) is 3.30. The van der Waals surface area contributed by atoms with Crippen LogP contribution in [0.3, 0.4) is 0 Å². The summed E-state index contributed by atoms with van der Waals surface area (Å²) in [7, 11) is 0. The average molecular weight is 96.2 g/mol. The Morgan fingerprint density at radius 3 is 1.57 bits per heavy atom. The van der Waals surface area contributed by atoms with Crippen molar-refractivity contribution >= 4 is 0 Å². The summed E-state index contributed by atoms with van der Waals surface area (Å²) in [5, 5.41) is 0. The minimum absolute atomic E-state index is 1.07. The van der Waals surface area contributed by atoms with Crippen LogP contribution in [0.4, 0.5) is 0 Å². The van der Waals surface area contributed by atoms with E-state index in [9.17, 15) is 0 Å². The summed E-state index contributed by atoms with van der Waals surface area (Å²) in [4.78, 5) is 0. The van der Waals surface area contributed by atoms with Gasteiger partial charge in [-0.15, -0.1) is 0 Å². The van der Waals surface area contributed by atoms with Crippen molar-refractivity contribution in [1.29, 1.82) is 0 Å². The van der Waals surface area contributed by atoms with E-state index in [0.29, 0.717) is 0 Å². The molecule has 0 amide bonds. The summed E-state index contributed by atoms with van der Waals surface area (Å²) >= 11 is 0. The van der Waals surface area contributed by atoms with E-state index in [1.165, 1.54) is 11.8 Å². The van der Waals surface area contributed by atoms with Crippen LogP contribution in [0.15, 0.2) is 0 Å². The molecule has 0 nitrogen and oxygen atoms in total. The van der Waals surface area contributed by atoms with E-state index < -0.39 is 0 Å². The molecule has 4 unspecified atom stereocenters. The third-order valence-corrected chi connectivity index (χ3v) is 3.07. The Balaban J connectivity index is 2.09. The maximum absolute atomic E-state index is 2.39. The van der Waals surface area contributed by atoms with Crippen molar-refractivity contribution in [1.82, 2.24) is 0 Å². The Morgan fingerprint density at radius 2 is 1.43 bits per heavy atom. The molecule has 0 aromatic rings. The smallest absolute Gasteiger partial charge is 0.0352 e. The SMILES string of the molecule is CC1C(C)C2CC12. The monoisotopic (exact) mass is 96.1 g/mol. The summed E-state index contributed by atoms with van der Waals surface area (Å²) in [5.74, 6) is 4.50. The molecule has 0 aliphatic heterocycles. The van der Waals surface area contributed by atoms with E-state index >= 15 is 0 Å². The normalized spacial score (nSPS) is 66.0. The molecule has 0 bridgehead atoms. The third-order valence-electron chi connectivity index (χ3n) is 3.07. The van der Waals surface area contributed by atoms with Gasteiger partial charge in [-0.1, -0.05) is 13.8 Å². The first-order chi connectivity index (χ1) is 3.30. The molecule has 2 aliphatic carbocycles. The van der Waals surface area contributed by atoms with E-state index in [1.807, 2.05) is 0 Å². The highest BCUT2D eigenvalue weighted by Gasteiger charge is 2.56. The van der Waals surface area contributed by atoms with Crippen molar-refractivity contribution in [3.05, 3.63) is 0 Å². The second-order valence-electron chi connectivity index (χ2n) is 3.28. The van der Waals surface area contributed by atoms with Gasteiger partial charge in [0.15, 0.2) is 0 Å². The van der Waals surface area contributed by atoms with Crippen LogP contribution in [0.5, 0.6) is 0 Å². The number of hydrogen-bond acceptors (Lipinski definition) is 0. The first kappa shape index (κ1) is 3.94. The fourth-order valence-corrected chi connectivity index (χ4v) is 2.08. The molecule has 0 heteroatoms. The van der Waals surface area contributed by atoms with Crippen molar-refractivity contribution in [3.63, 3.8) is 0 Å². The summed E-state index contributed by atoms with van der Waals surface area (Å²) in [6.45, 7) is 4.78. The fourth-order valence-electron chi connectivity index (χ4n) is 2.08. The molecule has 2 saturated carbocycles. The van der Waals surface area contributed by atoms with Gasteiger partial charge in [-0.05, 0) is 30.1 Å². The van der Waals surface area contributed by atoms with Crippen LogP contribution in [0.2, 0.25) is 0 Å². The topological polar surface area (TPSA) is 0 Å². The molecule has 7 heavy (non-hydrogen) atoms. The lowest BCUT2D eigenvalue weighted by Crippen LogP contribution is -2.23. The van der Waals surface area contributed by atoms with Gasteiger partial charge in [-0.25, -0.2) is 0 Å². The van der Waals surface area contributed by atoms with Crippen LogP contribution in [0, 0.1) is 23.7 Å². The zero-order valence-corrected chi connectivity index (χ0v) is 5.02. The van der Waals surface area contributed by atoms with E-state index in [1.54, 1.807) is 6.42 Å². The molecular weight excluding hydrogens is 84.1 g/mol. The zero-order chi connectivity index (χ0) is 5.02. The molecule has 2 fully saturated rings. The summed E-state index contributed by atoms with van der Waals surface area (Å²) in [6, 6.07) is 0. The second-order valence-corrected chi connectivity index (χ2v) is 3.28. The maximum Gasteiger partial charge on any atom is -0.0352 e. The van der Waals surface area contributed by atoms with Gasteiger partial charge in [0.1, 0.15) is 0 Å². The third kappa shape index (κ3) is 0.296. The molecule has 2 rings (SSSR count). The lowest BCUT2D eigenvalue weighted by Gasteiger charge is -2.29. The highest BCUT2D eigenvalue weighted by molar-refractivity contribution is 5.05. The van der Waals surface area contributed by atoms with Gasteiger partial charge >= 0.3 is 0 Å². The van der Waals surface area contributed by atoms with Gasteiger partial charge in [0, 0.05) is 0 Å². The Bertz CT molecular complexity index is 84.2. The molecule has 0 heterocycles. The van der Waals surface area contributed by atoms with Gasteiger partial charge in [0.05, 0.1) is 0 Å². The second kappa shape index (κ2) is 0.888. The van der Waals surface area contributed by atoms with Gasteiger partial charge in [-0.3, -0.25) is 0 Å². The molecule has 0 aromatic carbocycles. The highest BCUT2D eigenvalue weighted by Crippen LogP contribution is 2.63. The highest BCUT2D eigenvalue weighted by atomic mass is 14.6. The Labute approximate surface area is 44.9 Å². The zero-order valence-electron chi connectivity index (χ0n) is 5.02. The van der Waals surface area contributed by atoms with Gasteiger partial charge in [-0.2, -0.15) is 0 Å². The lowest BCUT2D eigenvalue weighted by atomic mass is 9.77. The van der Waals surface area contributed by atoms with Crippen molar-refractivity contribution < 1.29 is 0 Å². The van der Waals surface area contributed by atoms with Gasteiger partial charge < -0.3 is 0 Å². The predicted molar refractivity (Wildman–Crippen MR) is 29.9 cm³/mol. The maximum atomic E-state index is 2.39. The predicted octanol–water partition coefficient (Wildman–Crippen LogP) is 1.91. The summed E-state index contributed by atoms with van der Waals surface area (Å²) in [6.07, 6.45) is 1.56. The van der Waals surface area contributed by atoms with Crippen LogP contribution >= 0.6 is 0 Å². The van der Waals surface area contributed by atoms with Crippen LogP contribution in [0.1, 0.15) is 20.3 Å². The summed E-state index contributed by atoms with van der Waals surface area (Å²) in [5.41, 5.74) is 0. The van der Waals surface area contributed by atoms with Crippen molar-refractivity contribution in [2.75, 3.05) is 0 Å². The minimum atomic E-state index is 1.07. The molecule has 0 spiro atoms. The Kier molecular flexibility index (Phi) is 0.499. The molecule has 0 saturated heterocycles. The van der Waals surface area contributed by atoms with Gasteiger partial charge in [0.2, 0.25) is 0 Å². The molecule has 4 atom stereocenters. The lowest BCUT2D eigenvalue weighted by molar-refractivity contribution is 0.195. The van der Waals surface area contributed by atoms with Crippen molar-refractivity contribution in [2.24, 2.45) is 23.7 Å². The van der Waals surface area contributed by atoms with E-state index in [0.717, 1.165) is 11.8 Å². The van der Waals surface area contributed by atoms with E-state index in [4.69, 9.17) is 0 Å². The minimum Gasteiger partial charge on any atom is -0.0620 e. The number of rotatable bonds is 0. The molecule has 40 valence electrons. The summed E-state index contributed by atoms with van der Waals surface area (Å²) < 4.78 is 0. The number of fused-ring (bicyclic) bond motifs is 1. The quantitative estimate of drug-likeness (QED) is 0.432. The average Bonchev–Trinajstić information content (AvgIpc) is 2.39. The Morgan fingerprint density at radius 1 is 1.00 bits per heavy atom. The van der Waals surface area contributed by atoms with Crippen LogP contribution < -0.4 is 0 Å². The van der Waals surface area contributed by atoms with Crippen LogP contribution in [-0.4, -0.2) is 0 Å². The fraction of sp³-hybridized carbons (Fsp3) is 1.00. The molecule has 0 radical (unpaired) electrons. The van der Waals surface area contributed by atoms with Crippen LogP contribution in [0.25, 0.3) is 0 Å². The molecule has 0 aromatic heterocycles. The number of hydrogen-bond donors (Lipinski definition) is 0. The van der Waals surface area contributed by atoms with Gasteiger partial charge in [0.25, 0.3) is 0 Å². The van der Waals surface area contributed by atoms with Crippen LogP contribution in [-0.2, 0) is 0 Å². The van der Waals surface area contributed by atoms with Crippen molar-refractivity contribution in [2.45, 2.75) is 20.3 Å². The molecular formula is C7H12. The van der Waals surface area contributed by atoms with Crippen molar-refractivity contribution in [3.8, 4) is 0 Å². The molecule has 2 aliphatic rings. The standard InChI is InChI=1S/C7H12/c1-4-5(2)7-3-6(4)7/h4-7H,3H2,1-2H3. The largest absolute Gasteiger partial charge is 0.0620 e.